The lowest BCUT2D eigenvalue weighted by Gasteiger charge is -2.28. The van der Waals surface area contributed by atoms with Gasteiger partial charge in [0.1, 0.15) is 4.66 Å². The van der Waals surface area contributed by atoms with Gasteiger partial charge in [-0.15, -0.1) is 11.3 Å². The number of anilines is 1. The first-order chi connectivity index (χ1) is 13.6. The second-order valence-electron chi connectivity index (χ2n) is 6.94. The lowest BCUT2D eigenvalue weighted by atomic mass is 10.1. The Labute approximate surface area is 166 Å². The fraction of sp³-hybridized carbons (Fsp3) is 0.273. The molecule has 1 aliphatic rings. The molecule has 0 radical (unpaired) electrons. The Balaban J connectivity index is 1.63. The van der Waals surface area contributed by atoms with E-state index in [-0.39, 0.29) is 17.1 Å². The second-order valence-corrected chi connectivity index (χ2v) is 8.00. The standard InChI is InChI=1S/C22H22N2O3S/c1-23-21(15-18(25)19-6-5-13-27-19)28-20(22(23)26)14-16-7-9-17(10-8-16)24-11-3-2-4-12-24/h5-10,13-15H,2-4,11-12H2,1H3/b20-14-,21-15-. The lowest BCUT2D eigenvalue weighted by molar-refractivity contribution is 0.103. The monoisotopic (exact) mass is 394 g/mol. The van der Waals surface area contributed by atoms with E-state index in [2.05, 4.69) is 17.0 Å². The lowest BCUT2D eigenvalue weighted by Crippen LogP contribution is -2.29. The normalized spacial score (nSPS) is 16.0. The number of nitrogens with zero attached hydrogens (tertiary/aromatic N) is 2. The molecule has 0 unspecified atom stereocenters. The molecule has 0 atom stereocenters. The quantitative estimate of drug-likeness (QED) is 0.638. The molecule has 0 bridgehead atoms. The maximum absolute atomic E-state index is 12.6. The highest BCUT2D eigenvalue weighted by Gasteiger charge is 2.11. The number of hydrogen-bond acceptors (Lipinski definition) is 5. The third-order valence-electron chi connectivity index (χ3n) is 4.99. The predicted octanol–water partition coefficient (Wildman–Crippen LogP) is 2.52. The van der Waals surface area contributed by atoms with Crippen molar-refractivity contribution in [3.05, 3.63) is 73.5 Å². The molecule has 0 saturated carbocycles. The molecule has 0 spiro atoms. The first-order valence-corrected chi connectivity index (χ1v) is 10.3. The van der Waals surface area contributed by atoms with E-state index in [0.29, 0.717) is 9.20 Å². The highest BCUT2D eigenvalue weighted by molar-refractivity contribution is 7.07. The average Bonchev–Trinajstić information content (AvgIpc) is 3.35. The van der Waals surface area contributed by atoms with E-state index >= 15 is 0 Å². The Morgan fingerprint density at radius 1 is 1.11 bits per heavy atom. The van der Waals surface area contributed by atoms with Gasteiger partial charge in [0, 0.05) is 31.9 Å². The number of hydrogen-bond donors (Lipinski definition) is 0. The maximum Gasteiger partial charge on any atom is 0.268 e. The number of carbonyl (C=O) groups excluding carboxylic acids is 1. The van der Waals surface area contributed by atoms with Crippen LogP contribution in [-0.2, 0) is 7.05 Å². The van der Waals surface area contributed by atoms with Crippen molar-refractivity contribution < 1.29 is 9.21 Å². The third kappa shape index (κ3) is 3.87. The Hall–Kier alpha value is -2.86. The van der Waals surface area contributed by atoms with Crippen molar-refractivity contribution >= 4 is 35.0 Å². The summed E-state index contributed by atoms with van der Waals surface area (Å²) in [6.07, 6.45) is 8.58. The molecule has 144 valence electrons. The molecule has 3 heterocycles. The van der Waals surface area contributed by atoms with Crippen molar-refractivity contribution in [2.24, 2.45) is 7.05 Å². The van der Waals surface area contributed by atoms with E-state index in [4.69, 9.17) is 4.42 Å². The van der Waals surface area contributed by atoms with Crippen LogP contribution in [0.2, 0.25) is 0 Å². The minimum absolute atomic E-state index is 0.108. The molecule has 1 fully saturated rings. The van der Waals surface area contributed by atoms with Crippen molar-refractivity contribution in [3.63, 3.8) is 0 Å². The summed E-state index contributed by atoms with van der Waals surface area (Å²) in [5, 5.41) is 0. The van der Waals surface area contributed by atoms with Crippen molar-refractivity contribution in [3.8, 4) is 0 Å². The highest BCUT2D eigenvalue weighted by Crippen LogP contribution is 2.20. The zero-order valence-electron chi connectivity index (χ0n) is 15.8. The van der Waals surface area contributed by atoms with E-state index in [1.165, 1.54) is 53.2 Å². The Morgan fingerprint density at radius 3 is 2.54 bits per heavy atom. The average molecular weight is 394 g/mol. The smallest absolute Gasteiger partial charge is 0.268 e. The van der Waals surface area contributed by atoms with Gasteiger partial charge < -0.3 is 13.9 Å². The molecule has 2 aromatic heterocycles. The molecule has 3 aromatic rings. The fourth-order valence-electron chi connectivity index (χ4n) is 3.39. The summed E-state index contributed by atoms with van der Waals surface area (Å²) in [4.78, 5) is 27.2. The first kappa shape index (κ1) is 18.5. The van der Waals surface area contributed by atoms with Crippen molar-refractivity contribution in [2.75, 3.05) is 18.0 Å². The largest absolute Gasteiger partial charge is 0.461 e. The molecule has 1 aromatic carbocycles. The first-order valence-electron chi connectivity index (χ1n) is 9.44. The Bertz CT molecular complexity index is 1130. The third-order valence-corrected chi connectivity index (χ3v) is 6.10. The number of Topliss-reactive ketones (excluding diaryl/α,β-unsaturated/α-hetero) is 1. The molecule has 1 aliphatic heterocycles. The van der Waals surface area contributed by atoms with Gasteiger partial charge in [-0.2, -0.15) is 0 Å². The maximum atomic E-state index is 12.6. The number of furan rings is 1. The Kier molecular flexibility index (Phi) is 5.30. The second kappa shape index (κ2) is 8.02. The van der Waals surface area contributed by atoms with Gasteiger partial charge in [0.25, 0.3) is 5.56 Å². The number of aromatic nitrogens is 1. The summed E-state index contributed by atoms with van der Waals surface area (Å²) in [5.41, 5.74) is 2.10. The minimum Gasteiger partial charge on any atom is -0.461 e. The Morgan fingerprint density at radius 2 is 1.86 bits per heavy atom. The molecular weight excluding hydrogens is 372 g/mol. The molecule has 5 nitrogen and oxygen atoms in total. The van der Waals surface area contributed by atoms with Crippen LogP contribution in [0.15, 0.2) is 51.9 Å². The SMILES string of the molecule is Cn1c(=O)/c(=C/c2ccc(N3CCCCC3)cc2)s/c1=C\C(=O)c1ccco1. The van der Waals surface area contributed by atoms with Crippen LogP contribution in [0.3, 0.4) is 0 Å². The highest BCUT2D eigenvalue weighted by atomic mass is 32.1. The van der Waals surface area contributed by atoms with Gasteiger partial charge in [0.15, 0.2) is 5.76 Å². The molecule has 0 N–H and O–H groups in total. The number of rotatable bonds is 4. The molecule has 1 saturated heterocycles. The molecule has 4 rings (SSSR count). The summed E-state index contributed by atoms with van der Waals surface area (Å²) in [6.45, 7) is 2.22. The summed E-state index contributed by atoms with van der Waals surface area (Å²) < 4.78 is 7.83. The van der Waals surface area contributed by atoms with E-state index in [0.717, 1.165) is 18.7 Å². The molecule has 0 amide bonds. The zero-order chi connectivity index (χ0) is 19.5. The van der Waals surface area contributed by atoms with Crippen LogP contribution >= 0.6 is 11.3 Å². The van der Waals surface area contributed by atoms with Crippen LogP contribution in [0.5, 0.6) is 0 Å². The van der Waals surface area contributed by atoms with Crippen LogP contribution in [0.25, 0.3) is 12.2 Å². The number of benzene rings is 1. The van der Waals surface area contributed by atoms with Gasteiger partial charge in [-0.3, -0.25) is 9.59 Å². The van der Waals surface area contributed by atoms with Gasteiger partial charge in [0.05, 0.1) is 10.8 Å². The summed E-state index contributed by atoms with van der Waals surface area (Å²) in [7, 11) is 1.68. The van der Waals surface area contributed by atoms with Crippen LogP contribution < -0.4 is 19.7 Å². The minimum atomic E-state index is -0.251. The number of ketones is 1. The van der Waals surface area contributed by atoms with E-state index in [1.54, 1.807) is 19.2 Å². The van der Waals surface area contributed by atoms with Crippen molar-refractivity contribution in [1.29, 1.82) is 0 Å². The van der Waals surface area contributed by atoms with E-state index < -0.39 is 0 Å². The van der Waals surface area contributed by atoms with Crippen LogP contribution in [0, 0.1) is 0 Å². The predicted molar refractivity (Wildman–Crippen MR) is 112 cm³/mol. The van der Waals surface area contributed by atoms with Crippen LogP contribution in [0.4, 0.5) is 5.69 Å². The van der Waals surface area contributed by atoms with Gasteiger partial charge >= 0.3 is 0 Å². The van der Waals surface area contributed by atoms with E-state index in [1.807, 2.05) is 18.2 Å². The fourth-order valence-corrected chi connectivity index (χ4v) is 4.42. The van der Waals surface area contributed by atoms with Gasteiger partial charge in [-0.05, 0) is 55.2 Å². The summed E-state index contributed by atoms with van der Waals surface area (Å²) >= 11 is 1.31. The zero-order valence-corrected chi connectivity index (χ0v) is 16.6. The number of piperidine rings is 1. The van der Waals surface area contributed by atoms with Crippen LogP contribution in [0.1, 0.15) is 35.4 Å². The van der Waals surface area contributed by atoms with Gasteiger partial charge in [-0.1, -0.05) is 12.1 Å². The van der Waals surface area contributed by atoms with Gasteiger partial charge in [-0.25, -0.2) is 0 Å². The number of thiazole rings is 1. The topological polar surface area (TPSA) is 55.5 Å². The summed E-state index contributed by atoms with van der Waals surface area (Å²) in [5.74, 6) is 0.0129. The molecule has 0 aliphatic carbocycles. The molecular formula is C22H22N2O3S. The van der Waals surface area contributed by atoms with Crippen molar-refractivity contribution in [1.82, 2.24) is 4.57 Å². The van der Waals surface area contributed by atoms with E-state index in [9.17, 15) is 9.59 Å². The molecule has 28 heavy (non-hydrogen) atoms. The van der Waals surface area contributed by atoms with Gasteiger partial charge in [0.2, 0.25) is 5.78 Å². The van der Waals surface area contributed by atoms with Crippen molar-refractivity contribution in [2.45, 2.75) is 19.3 Å². The molecule has 6 heteroatoms. The van der Waals surface area contributed by atoms with Crippen LogP contribution in [-0.4, -0.2) is 23.4 Å². The number of carbonyl (C=O) groups is 1. The summed E-state index contributed by atoms with van der Waals surface area (Å²) in [6, 6.07) is 11.6.